The van der Waals surface area contributed by atoms with Crippen LogP contribution in [0.5, 0.6) is 11.5 Å². The summed E-state index contributed by atoms with van der Waals surface area (Å²) >= 11 is 0. The Bertz CT molecular complexity index is 771. The van der Waals surface area contributed by atoms with Gasteiger partial charge in [0.25, 0.3) is 5.91 Å². The Morgan fingerprint density at radius 2 is 1.88 bits per heavy atom. The number of benzene rings is 2. The molecular weight excluding hydrogens is 309 g/mol. The van der Waals surface area contributed by atoms with Crippen molar-refractivity contribution in [3.05, 3.63) is 53.8 Å². The van der Waals surface area contributed by atoms with E-state index < -0.39 is 5.60 Å². The molecule has 1 aliphatic rings. The van der Waals surface area contributed by atoms with Crippen molar-refractivity contribution in [2.45, 2.75) is 38.8 Å². The maximum absolute atomic E-state index is 14.1. The highest BCUT2D eigenvalue weighted by molar-refractivity contribution is 6.03. The Labute approximate surface area is 140 Å². The first-order valence-corrected chi connectivity index (χ1v) is 8.08. The summed E-state index contributed by atoms with van der Waals surface area (Å²) in [5, 5.41) is 9.79. The van der Waals surface area contributed by atoms with E-state index in [2.05, 4.69) is 0 Å². The van der Waals surface area contributed by atoms with Crippen molar-refractivity contribution in [2.75, 3.05) is 4.90 Å². The molecule has 5 heteroatoms. The number of halogens is 1. The Balaban J connectivity index is 2.10. The molecular formula is C19H20FNO3. The van der Waals surface area contributed by atoms with Crippen LogP contribution in [-0.2, 0) is 11.3 Å². The molecule has 126 valence electrons. The predicted octanol–water partition coefficient (Wildman–Crippen LogP) is 4.02. The van der Waals surface area contributed by atoms with E-state index in [-0.39, 0.29) is 24.0 Å². The minimum absolute atomic E-state index is 0.0316. The summed E-state index contributed by atoms with van der Waals surface area (Å²) in [4.78, 5) is 14.6. The number of fused-ring (bicyclic) bond motifs is 1. The lowest BCUT2D eigenvalue weighted by molar-refractivity contribution is -0.136. The third-order valence-electron chi connectivity index (χ3n) is 4.60. The zero-order valence-corrected chi connectivity index (χ0v) is 13.8. The molecule has 0 atom stereocenters. The Morgan fingerprint density at radius 1 is 1.17 bits per heavy atom. The second-order valence-corrected chi connectivity index (χ2v) is 5.94. The molecule has 0 unspecified atom stereocenters. The average molecular weight is 329 g/mol. The van der Waals surface area contributed by atoms with Crippen LogP contribution in [0.15, 0.2) is 42.5 Å². The van der Waals surface area contributed by atoms with Gasteiger partial charge in [-0.1, -0.05) is 32.0 Å². The molecule has 0 aromatic heterocycles. The summed E-state index contributed by atoms with van der Waals surface area (Å²) in [7, 11) is 0. The number of hydrogen-bond donors (Lipinski definition) is 1. The highest BCUT2D eigenvalue weighted by Crippen LogP contribution is 2.42. The number of nitrogens with zero attached hydrogens (tertiary/aromatic N) is 1. The number of rotatable bonds is 4. The molecule has 2 aromatic carbocycles. The van der Waals surface area contributed by atoms with Crippen molar-refractivity contribution < 1.29 is 19.0 Å². The van der Waals surface area contributed by atoms with Gasteiger partial charge in [0.2, 0.25) is 0 Å². The maximum Gasteiger partial charge on any atom is 0.271 e. The molecule has 4 nitrogen and oxygen atoms in total. The van der Waals surface area contributed by atoms with Crippen LogP contribution in [0.25, 0.3) is 0 Å². The van der Waals surface area contributed by atoms with E-state index in [4.69, 9.17) is 4.74 Å². The molecule has 24 heavy (non-hydrogen) atoms. The first-order chi connectivity index (χ1) is 11.5. The summed E-state index contributed by atoms with van der Waals surface area (Å²) in [6.45, 7) is 3.88. The molecule has 0 aliphatic carbocycles. The van der Waals surface area contributed by atoms with Gasteiger partial charge in [-0.05, 0) is 31.0 Å². The summed E-state index contributed by atoms with van der Waals surface area (Å²) < 4.78 is 20.1. The lowest BCUT2D eigenvalue weighted by Gasteiger charge is -2.42. The van der Waals surface area contributed by atoms with Crippen molar-refractivity contribution in [1.29, 1.82) is 0 Å². The molecule has 0 fully saturated rings. The lowest BCUT2D eigenvalue weighted by atomic mass is 9.92. The zero-order chi connectivity index (χ0) is 17.3. The summed E-state index contributed by atoms with van der Waals surface area (Å²) in [5.41, 5.74) is -0.0844. The maximum atomic E-state index is 14.1. The van der Waals surface area contributed by atoms with Crippen LogP contribution in [0.1, 0.15) is 32.3 Å². The van der Waals surface area contributed by atoms with E-state index in [9.17, 15) is 14.3 Å². The van der Waals surface area contributed by atoms with E-state index in [1.54, 1.807) is 24.3 Å². The van der Waals surface area contributed by atoms with Gasteiger partial charge < -0.3 is 14.7 Å². The van der Waals surface area contributed by atoms with Crippen LogP contribution in [0.4, 0.5) is 10.1 Å². The van der Waals surface area contributed by atoms with Gasteiger partial charge in [0, 0.05) is 11.6 Å². The minimum atomic E-state index is -0.963. The SMILES string of the molecule is CCC1(CC)Oc2ccc(O)cc2N(Cc2ccccc2F)C1=O. The van der Waals surface area contributed by atoms with Gasteiger partial charge in [-0.15, -0.1) is 0 Å². The third kappa shape index (κ3) is 2.60. The number of carbonyl (C=O) groups excluding carboxylic acids is 1. The van der Waals surface area contributed by atoms with Crippen molar-refractivity contribution in [3.8, 4) is 11.5 Å². The van der Waals surface area contributed by atoms with Crippen LogP contribution >= 0.6 is 0 Å². The van der Waals surface area contributed by atoms with E-state index in [0.717, 1.165) is 0 Å². The average Bonchev–Trinajstić information content (AvgIpc) is 2.59. The van der Waals surface area contributed by atoms with E-state index in [1.807, 2.05) is 13.8 Å². The number of carbonyl (C=O) groups is 1. The van der Waals surface area contributed by atoms with Gasteiger partial charge in [-0.25, -0.2) is 4.39 Å². The van der Waals surface area contributed by atoms with Crippen molar-refractivity contribution >= 4 is 11.6 Å². The second kappa shape index (κ2) is 6.15. The number of phenolic OH excluding ortho intramolecular Hbond substituents is 1. The number of ether oxygens (including phenoxy) is 1. The topological polar surface area (TPSA) is 49.8 Å². The van der Waals surface area contributed by atoms with Gasteiger partial charge in [0.15, 0.2) is 5.60 Å². The third-order valence-corrected chi connectivity index (χ3v) is 4.60. The number of amides is 1. The molecule has 0 radical (unpaired) electrons. The Kier molecular flexibility index (Phi) is 4.18. The molecule has 3 rings (SSSR count). The molecule has 1 N–H and O–H groups in total. The quantitative estimate of drug-likeness (QED) is 0.922. The van der Waals surface area contributed by atoms with Gasteiger partial charge in [-0.2, -0.15) is 0 Å². The molecule has 1 heterocycles. The lowest BCUT2D eigenvalue weighted by Crippen LogP contribution is -2.55. The van der Waals surface area contributed by atoms with Crippen LogP contribution in [0.3, 0.4) is 0 Å². The molecule has 1 amide bonds. The van der Waals surface area contributed by atoms with Gasteiger partial charge in [0.1, 0.15) is 17.3 Å². The molecule has 0 spiro atoms. The van der Waals surface area contributed by atoms with Crippen LogP contribution in [0.2, 0.25) is 0 Å². The summed E-state index contributed by atoms with van der Waals surface area (Å²) in [6.07, 6.45) is 1.02. The fourth-order valence-electron chi connectivity index (χ4n) is 3.06. The van der Waals surface area contributed by atoms with Gasteiger partial charge >= 0.3 is 0 Å². The largest absolute Gasteiger partial charge is 0.508 e. The Morgan fingerprint density at radius 3 is 2.54 bits per heavy atom. The fraction of sp³-hybridized carbons (Fsp3) is 0.316. The zero-order valence-electron chi connectivity index (χ0n) is 13.8. The summed E-state index contributed by atoms with van der Waals surface area (Å²) in [6, 6.07) is 11.0. The number of aromatic hydroxyl groups is 1. The number of hydrogen-bond acceptors (Lipinski definition) is 3. The smallest absolute Gasteiger partial charge is 0.271 e. The monoisotopic (exact) mass is 329 g/mol. The highest BCUT2D eigenvalue weighted by Gasteiger charge is 2.46. The van der Waals surface area contributed by atoms with Crippen LogP contribution < -0.4 is 9.64 Å². The van der Waals surface area contributed by atoms with Crippen molar-refractivity contribution in [2.24, 2.45) is 0 Å². The predicted molar refractivity (Wildman–Crippen MR) is 89.6 cm³/mol. The minimum Gasteiger partial charge on any atom is -0.508 e. The van der Waals surface area contributed by atoms with Crippen LogP contribution in [-0.4, -0.2) is 16.6 Å². The number of phenols is 1. The molecule has 0 saturated carbocycles. The van der Waals surface area contributed by atoms with Crippen molar-refractivity contribution in [3.63, 3.8) is 0 Å². The van der Waals surface area contributed by atoms with E-state index >= 15 is 0 Å². The highest BCUT2D eigenvalue weighted by atomic mass is 19.1. The normalized spacial score (nSPS) is 15.8. The van der Waals surface area contributed by atoms with Gasteiger partial charge in [0.05, 0.1) is 12.2 Å². The van der Waals surface area contributed by atoms with Gasteiger partial charge in [-0.3, -0.25) is 4.79 Å². The van der Waals surface area contributed by atoms with E-state index in [1.165, 1.54) is 23.1 Å². The standard InChI is InChI=1S/C19H20FNO3/c1-3-19(4-2)18(23)21(12-13-7-5-6-8-15(13)20)16-11-14(22)9-10-17(16)24-19/h5-11,22H,3-4,12H2,1-2H3. The van der Waals surface area contributed by atoms with E-state index in [0.29, 0.717) is 29.8 Å². The second-order valence-electron chi connectivity index (χ2n) is 5.94. The Hall–Kier alpha value is -2.56. The molecule has 1 aliphatic heterocycles. The molecule has 2 aromatic rings. The molecule has 0 bridgehead atoms. The number of anilines is 1. The summed E-state index contributed by atoms with van der Waals surface area (Å²) in [5.74, 6) is -0.0254. The molecule has 0 saturated heterocycles. The first kappa shape index (κ1) is 16.3. The van der Waals surface area contributed by atoms with Crippen molar-refractivity contribution in [1.82, 2.24) is 0 Å². The fourth-order valence-corrected chi connectivity index (χ4v) is 3.06. The first-order valence-electron chi connectivity index (χ1n) is 8.08. The van der Waals surface area contributed by atoms with Crippen LogP contribution in [0, 0.1) is 5.82 Å².